The van der Waals surface area contributed by atoms with Crippen molar-refractivity contribution < 1.29 is 58.2 Å². The van der Waals surface area contributed by atoms with E-state index in [9.17, 15) is 9.59 Å². The smallest absolute Gasteiger partial charge is 0.323 e. The van der Waals surface area contributed by atoms with E-state index in [4.69, 9.17) is 20.6 Å². The Morgan fingerprint density at radius 2 is 1.48 bits per heavy atom. The molecule has 0 saturated carbocycles. The molecule has 11 heteroatoms. The second-order valence-corrected chi connectivity index (χ2v) is 4.70. The number of carboxylic acids is 2. The van der Waals surface area contributed by atoms with Crippen LogP contribution in [0, 0.1) is 0 Å². The van der Waals surface area contributed by atoms with Gasteiger partial charge in [-0.05, 0) is 25.7 Å². The molecule has 2 rings (SSSR count). The first kappa shape index (κ1) is 26.8. The van der Waals surface area contributed by atoms with Gasteiger partial charge in [0.25, 0.3) is 0 Å². The van der Waals surface area contributed by atoms with Gasteiger partial charge >= 0.3 is 11.9 Å². The van der Waals surface area contributed by atoms with E-state index in [1.54, 1.807) is 12.2 Å². The summed E-state index contributed by atoms with van der Waals surface area (Å²) in [4.78, 5) is 20.7. The number of carboxylic acid groups (broad SMARTS) is 2. The molecule has 2 aliphatic rings. The topological polar surface area (TPSA) is 188 Å². The van der Waals surface area contributed by atoms with Gasteiger partial charge in [0, 0.05) is 30.2 Å². The van der Waals surface area contributed by atoms with Crippen LogP contribution in [0.25, 0.3) is 0 Å². The maximum Gasteiger partial charge on any atom is 0.323 e. The second kappa shape index (κ2) is 13.4. The summed E-state index contributed by atoms with van der Waals surface area (Å²) >= 11 is 0. The minimum Gasteiger partial charge on any atom is -0.480 e. The van der Waals surface area contributed by atoms with Crippen LogP contribution >= 0.6 is 0 Å². The Morgan fingerprint density at radius 3 is 1.83 bits per heavy atom. The molecule has 0 spiro atoms. The van der Waals surface area contributed by atoms with Crippen LogP contribution < -0.4 is 0 Å². The number of aliphatic carboxylic acids is 2. The maximum absolute atomic E-state index is 10.4. The molecule has 137 valence electrons. The van der Waals surface area contributed by atoms with Crippen molar-refractivity contribution in [1.82, 2.24) is 10.1 Å². The van der Waals surface area contributed by atoms with Crippen molar-refractivity contribution in [2.45, 2.75) is 37.8 Å². The van der Waals surface area contributed by atoms with Crippen LogP contribution in [0.15, 0.2) is 12.2 Å². The maximum atomic E-state index is 10.4. The Balaban J connectivity index is -0.000000308. The Morgan fingerprint density at radius 1 is 0.913 bits per heavy atom. The Bertz CT molecular complexity index is 382. The van der Waals surface area contributed by atoms with Crippen molar-refractivity contribution in [1.29, 1.82) is 0 Å². The molecule has 2 unspecified atom stereocenters. The number of carbonyl (C=O) groups is 2. The molecule has 0 aromatic rings. The van der Waals surface area contributed by atoms with Crippen LogP contribution in [-0.4, -0.2) is 67.9 Å². The summed E-state index contributed by atoms with van der Waals surface area (Å²) in [5.74, 6) is -1.91. The van der Waals surface area contributed by atoms with E-state index in [0.717, 1.165) is 23.0 Å². The molecule has 1 radical (unpaired) electrons. The molecule has 0 bridgehead atoms. The molecule has 0 aromatic carbocycles. The van der Waals surface area contributed by atoms with E-state index in [1.165, 1.54) is 0 Å². The summed E-state index contributed by atoms with van der Waals surface area (Å²) < 4.78 is 0. The number of hydrogen-bond acceptors (Lipinski definition) is 6. The normalized spacial score (nSPS) is 23.9. The van der Waals surface area contributed by atoms with Crippen molar-refractivity contribution in [3.63, 3.8) is 0 Å². The van der Waals surface area contributed by atoms with E-state index < -0.39 is 24.0 Å². The standard InChI is InChI=1S/C6H11NO3.C6H9NO3.Mn.2H2O/c2*8-6(9)5-3-1-2-4-7(5)10;;;/h5,10H,1-4H2,(H,8,9);1-2,5,10H,3-4H2,(H,8,9);;2*1H2/p+2. The molecule has 2 heterocycles. The molecule has 0 aromatic heterocycles. The third-order valence-electron chi connectivity index (χ3n) is 3.22. The zero-order valence-corrected chi connectivity index (χ0v) is 13.8. The van der Waals surface area contributed by atoms with E-state index in [0.29, 0.717) is 25.9 Å². The van der Waals surface area contributed by atoms with Crippen molar-refractivity contribution in [2.24, 2.45) is 0 Å². The molecule has 2 aliphatic heterocycles. The Kier molecular flexibility index (Phi) is 15.6. The molecule has 0 amide bonds. The summed E-state index contributed by atoms with van der Waals surface area (Å²) in [6.45, 7) is 0.786. The number of rotatable bonds is 2. The van der Waals surface area contributed by atoms with E-state index >= 15 is 0 Å². The summed E-state index contributed by atoms with van der Waals surface area (Å²) in [6.07, 6.45) is 6.22. The first-order valence-corrected chi connectivity index (χ1v) is 6.45. The van der Waals surface area contributed by atoms with Gasteiger partial charge in [0.05, 0.1) is 0 Å². The fraction of sp³-hybridized carbons (Fsp3) is 0.667. The number of nitrogens with zero attached hydrogens (tertiary/aromatic N) is 2. The van der Waals surface area contributed by atoms with E-state index in [1.807, 2.05) is 0 Å². The van der Waals surface area contributed by atoms with Crippen LogP contribution in [0.1, 0.15) is 25.7 Å². The Labute approximate surface area is 144 Å². The van der Waals surface area contributed by atoms with Gasteiger partial charge in [0.2, 0.25) is 0 Å². The molecular formula is C12H26MnN2O8+2. The molecule has 1 saturated heterocycles. The third kappa shape index (κ3) is 8.98. The minimum absolute atomic E-state index is 0. The first-order valence-electron chi connectivity index (χ1n) is 6.45. The van der Waals surface area contributed by atoms with Crippen molar-refractivity contribution >= 4 is 11.9 Å². The van der Waals surface area contributed by atoms with Crippen LogP contribution in [-0.2, 0) is 37.6 Å². The van der Waals surface area contributed by atoms with E-state index in [-0.39, 0.29) is 28.0 Å². The van der Waals surface area contributed by atoms with Gasteiger partial charge < -0.3 is 31.6 Å². The van der Waals surface area contributed by atoms with Gasteiger partial charge in [-0.25, -0.2) is 0 Å². The molecule has 0 aliphatic carbocycles. The number of hydroxylamine groups is 4. The van der Waals surface area contributed by atoms with Crippen LogP contribution in [0.5, 0.6) is 0 Å². The third-order valence-corrected chi connectivity index (χ3v) is 3.22. The number of piperidine rings is 1. The first-order chi connectivity index (χ1) is 9.43. The zero-order valence-electron chi connectivity index (χ0n) is 12.6. The quantitative estimate of drug-likeness (QED) is 0.254. The van der Waals surface area contributed by atoms with Gasteiger partial charge in [-0.3, -0.25) is 9.59 Å². The molecular weight excluding hydrogens is 355 g/mol. The summed E-state index contributed by atoms with van der Waals surface area (Å²) in [5.41, 5.74) is 0. The zero-order chi connectivity index (χ0) is 15.1. The van der Waals surface area contributed by atoms with Gasteiger partial charge in [-0.1, -0.05) is 12.2 Å². The van der Waals surface area contributed by atoms with Crippen LogP contribution in [0.4, 0.5) is 0 Å². The van der Waals surface area contributed by atoms with Crippen molar-refractivity contribution in [2.75, 3.05) is 13.1 Å². The second-order valence-electron chi connectivity index (χ2n) is 4.70. The number of hydrogen-bond donors (Lipinski definition) is 4. The molecule has 1 fully saturated rings. The monoisotopic (exact) mass is 381 g/mol. The van der Waals surface area contributed by atoms with Crippen LogP contribution in [0.3, 0.4) is 0 Å². The largest absolute Gasteiger partial charge is 0.480 e. The van der Waals surface area contributed by atoms with Gasteiger partial charge in [-0.15, -0.1) is 0 Å². The molecule has 2 atom stereocenters. The SMILES string of the molecule is O=C(O)C1CC=CCN1O.O=C(O)C1CCCCN1O.[Mn].[OH3+].[OH3+]. The fourth-order valence-corrected chi connectivity index (χ4v) is 2.05. The molecule has 10 N–H and O–H groups in total. The predicted molar refractivity (Wildman–Crippen MR) is 77.2 cm³/mol. The molecule has 10 nitrogen and oxygen atoms in total. The fourth-order valence-electron chi connectivity index (χ4n) is 2.05. The van der Waals surface area contributed by atoms with Crippen molar-refractivity contribution in [3.05, 3.63) is 12.2 Å². The summed E-state index contributed by atoms with van der Waals surface area (Å²) in [7, 11) is 0. The van der Waals surface area contributed by atoms with Gasteiger partial charge in [-0.2, -0.15) is 10.1 Å². The summed E-state index contributed by atoms with van der Waals surface area (Å²) in [5, 5.41) is 36.6. The average molecular weight is 381 g/mol. The summed E-state index contributed by atoms with van der Waals surface area (Å²) in [6, 6.07) is -1.43. The molecule has 23 heavy (non-hydrogen) atoms. The Hall–Kier alpha value is -1.04. The van der Waals surface area contributed by atoms with Crippen LogP contribution in [0.2, 0.25) is 0 Å². The minimum atomic E-state index is -0.980. The van der Waals surface area contributed by atoms with Gasteiger partial charge in [0.1, 0.15) is 12.1 Å². The van der Waals surface area contributed by atoms with Crippen molar-refractivity contribution in [3.8, 4) is 0 Å². The predicted octanol–water partition coefficient (Wildman–Crippen LogP) is -1.44. The van der Waals surface area contributed by atoms with E-state index in [2.05, 4.69) is 0 Å². The van der Waals surface area contributed by atoms with Gasteiger partial charge in [0.15, 0.2) is 0 Å². The average Bonchev–Trinajstić information content (AvgIpc) is 2.40.